The van der Waals surface area contributed by atoms with E-state index in [9.17, 15) is 4.57 Å². The molecule has 0 aliphatic heterocycles. The lowest BCUT2D eigenvalue weighted by Gasteiger charge is -2.15. The molecule has 0 aliphatic carbocycles. The molecule has 0 amide bonds. The van der Waals surface area contributed by atoms with Crippen LogP contribution in [0.25, 0.3) is 16.6 Å². The third-order valence-electron chi connectivity index (χ3n) is 3.29. The highest BCUT2D eigenvalue weighted by Crippen LogP contribution is 2.47. The van der Waals surface area contributed by atoms with E-state index in [2.05, 4.69) is 5.10 Å². The van der Waals surface area contributed by atoms with Gasteiger partial charge in [0.2, 0.25) is 0 Å². The molecule has 0 saturated carbocycles. The van der Waals surface area contributed by atoms with Gasteiger partial charge in [-0.2, -0.15) is 5.10 Å². The van der Waals surface area contributed by atoms with Crippen LogP contribution in [0, 0.1) is 0 Å². The van der Waals surface area contributed by atoms with Crippen LogP contribution in [-0.2, 0) is 13.6 Å². The Balaban J connectivity index is 2.37. The van der Waals surface area contributed by atoms with Gasteiger partial charge in [-0.25, -0.2) is 4.68 Å². The van der Waals surface area contributed by atoms with Crippen LogP contribution in [0.3, 0.4) is 0 Å². The van der Waals surface area contributed by atoms with Crippen molar-refractivity contribution in [3.8, 4) is 5.69 Å². The summed E-state index contributed by atoms with van der Waals surface area (Å²) in [5.41, 5.74) is 1.98. The molecule has 0 spiro atoms. The van der Waals surface area contributed by atoms with Crippen molar-refractivity contribution < 1.29 is 13.6 Å². The highest BCUT2D eigenvalue weighted by atomic mass is 31.2. The summed E-state index contributed by atoms with van der Waals surface area (Å²) in [7, 11) is -0.681. The third kappa shape index (κ3) is 2.29. The number of para-hydroxylation sites is 1. The average Bonchev–Trinajstić information content (AvgIpc) is 2.95. The van der Waals surface area contributed by atoms with Gasteiger partial charge < -0.3 is 9.05 Å². The van der Waals surface area contributed by atoms with E-state index in [0.717, 1.165) is 16.6 Å². The Morgan fingerprint density at radius 1 is 0.952 bits per heavy atom. The predicted molar refractivity (Wildman–Crippen MR) is 82.3 cm³/mol. The van der Waals surface area contributed by atoms with Crippen molar-refractivity contribution in [2.24, 2.45) is 0 Å². The Labute approximate surface area is 122 Å². The molecule has 21 heavy (non-hydrogen) atoms. The molecule has 1 heterocycles. The minimum atomic E-state index is -3.43. The fourth-order valence-corrected chi connectivity index (χ4v) is 3.65. The van der Waals surface area contributed by atoms with Crippen LogP contribution in [0.5, 0.6) is 0 Å². The van der Waals surface area contributed by atoms with Crippen LogP contribution in [0.1, 0.15) is 0 Å². The van der Waals surface area contributed by atoms with E-state index in [0.29, 0.717) is 5.44 Å². The molecule has 108 valence electrons. The Morgan fingerprint density at radius 3 is 2.24 bits per heavy atom. The Hall–Kier alpha value is -1.94. The summed E-state index contributed by atoms with van der Waals surface area (Å²) in [6, 6.07) is 17.0. The van der Waals surface area contributed by atoms with Gasteiger partial charge in [-0.05, 0) is 18.2 Å². The van der Waals surface area contributed by atoms with Gasteiger partial charge in [0.25, 0.3) is 0 Å². The summed E-state index contributed by atoms with van der Waals surface area (Å²) in [6.07, 6.45) is 0. The number of aromatic nitrogens is 2. The second-order valence-corrected chi connectivity index (χ2v) is 6.60. The molecule has 3 rings (SSSR count). The number of nitrogens with zero attached hydrogens (tertiary/aromatic N) is 2. The second kappa shape index (κ2) is 5.45. The van der Waals surface area contributed by atoms with Crippen LogP contribution in [0.2, 0.25) is 0 Å². The van der Waals surface area contributed by atoms with Crippen molar-refractivity contribution in [1.29, 1.82) is 0 Å². The van der Waals surface area contributed by atoms with Gasteiger partial charge in [0.15, 0.2) is 5.44 Å². The Kier molecular flexibility index (Phi) is 3.64. The van der Waals surface area contributed by atoms with Gasteiger partial charge in [0, 0.05) is 19.6 Å². The monoisotopic (exact) mass is 302 g/mol. The normalized spacial score (nSPS) is 11.9. The molecule has 3 aromatic rings. The molecular weight excluding hydrogens is 287 g/mol. The number of fused-ring (bicyclic) bond motifs is 1. The lowest BCUT2D eigenvalue weighted by molar-refractivity contribution is 0.286. The molecule has 5 nitrogen and oxygen atoms in total. The van der Waals surface area contributed by atoms with Crippen molar-refractivity contribution in [3.05, 3.63) is 54.6 Å². The maximum absolute atomic E-state index is 12.9. The smallest absolute Gasteiger partial charge is 0.307 e. The zero-order valence-corrected chi connectivity index (χ0v) is 12.7. The predicted octanol–water partition coefficient (Wildman–Crippen LogP) is 3.14. The average molecular weight is 302 g/mol. The van der Waals surface area contributed by atoms with E-state index < -0.39 is 7.60 Å². The first kappa shape index (κ1) is 14.0. The molecule has 0 aliphatic rings. The number of hydrogen-bond acceptors (Lipinski definition) is 4. The summed E-state index contributed by atoms with van der Waals surface area (Å²) >= 11 is 0. The Bertz CT molecular complexity index is 806. The van der Waals surface area contributed by atoms with Crippen molar-refractivity contribution in [3.63, 3.8) is 0 Å². The largest absolute Gasteiger partial charge is 0.379 e. The number of benzene rings is 2. The van der Waals surface area contributed by atoms with Crippen LogP contribution in [0.15, 0.2) is 54.6 Å². The van der Waals surface area contributed by atoms with Gasteiger partial charge in [-0.15, -0.1) is 0 Å². The first-order valence-electron chi connectivity index (χ1n) is 6.45. The van der Waals surface area contributed by atoms with Gasteiger partial charge in [0.05, 0.1) is 11.2 Å². The van der Waals surface area contributed by atoms with Crippen LogP contribution in [0.4, 0.5) is 0 Å². The summed E-state index contributed by atoms with van der Waals surface area (Å²) in [4.78, 5) is 0. The SMILES string of the molecule is COP(=O)(OC)c1c2ccccc2nn1-c1ccccc1. The van der Waals surface area contributed by atoms with Gasteiger partial charge >= 0.3 is 7.60 Å². The van der Waals surface area contributed by atoms with E-state index >= 15 is 0 Å². The van der Waals surface area contributed by atoms with E-state index in [4.69, 9.17) is 9.05 Å². The van der Waals surface area contributed by atoms with Crippen LogP contribution >= 0.6 is 7.60 Å². The van der Waals surface area contributed by atoms with Crippen molar-refractivity contribution in [2.75, 3.05) is 14.2 Å². The van der Waals surface area contributed by atoms with Gasteiger partial charge in [-0.3, -0.25) is 4.57 Å². The molecule has 1 aromatic heterocycles. The van der Waals surface area contributed by atoms with E-state index in [1.807, 2.05) is 54.6 Å². The van der Waals surface area contributed by atoms with Crippen LogP contribution in [-0.4, -0.2) is 24.0 Å². The molecule has 2 aromatic carbocycles. The molecule has 0 unspecified atom stereocenters. The van der Waals surface area contributed by atoms with Gasteiger partial charge in [0.1, 0.15) is 0 Å². The topological polar surface area (TPSA) is 53.4 Å². The molecule has 0 bridgehead atoms. The van der Waals surface area contributed by atoms with Crippen molar-refractivity contribution in [2.45, 2.75) is 0 Å². The van der Waals surface area contributed by atoms with E-state index in [1.54, 1.807) is 4.68 Å². The molecule has 0 N–H and O–H groups in total. The zero-order chi connectivity index (χ0) is 14.9. The lowest BCUT2D eigenvalue weighted by Crippen LogP contribution is -2.19. The number of rotatable bonds is 4. The Morgan fingerprint density at radius 2 is 1.57 bits per heavy atom. The summed E-state index contributed by atoms with van der Waals surface area (Å²) in [5.74, 6) is 0. The molecule has 0 radical (unpaired) electrons. The standard InChI is InChI=1S/C15H15N2O3P/c1-19-21(18,20-2)15-13-10-6-7-11-14(13)16-17(15)12-8-4-3-5-9-12/h3-11H,1-2H3. The molecule has 0 atom stereocenters. The second-order valence-electron chi connectivity index (χ2n) is 4.45. The quantitative estimate of drug-likeness (QED) is 0.695. The first-order chi connectivity index (χ1) is 10.2. The highest BCUT2D eigenvalue weighted by molar-refractivity contribution is 7.62. The molecule has 0 fully saturated rings. The third-order valence-corrected chi connectivity index (χ3v) is 5.20. The maximum Gasteiger partial charge on any atom is 0.379 e. The van der Waals surface area contributed by atoms with E-state index in [-0.39, 0.29) is 0 Å². The van der Waals surface area contributed by atoms with Crippen molar-refractivity contribution >= 4 is 23.9 Å². The fourth-order valence-electron chi connectivity index (χ4n) is 2.28. The fraction of sp³-hybridized carbons (Fsp3) is 0.133. The maximum atomic E-state index is 12.9. The van der Waals surface area contributed by atoms with Crippen LogP contribution < -0.4 is 5.44 Å². The zero-order valence-electron chi connectivity index (χ0n) is 11.8. The van der Waals surface area contributed by atoms with Crippen molar-refractivity contribution in [1.82, 2.24) is 9.78 Å². The minimum Gasteiger partial charge on any atom is -0.307 e. The summed E-state index contributed by atoms with van der Waals surface area (Å²) < 4.78 is 24.9. The number of hydrogen-bond donors (Lipinski definition) is 0. The molecule has 6 heteroatoms. The summed E-state index contributed by atoms with van der Waals surface area (Å²) in [6.45, 7) is 0. The first-order valence-corrected chi connectivity index (χ1v) is 7.99. The molecule has 0 saturated heterocycles. The molecular formula is C15H15N2O3P. The summed E-state index contributed by atoms with van der Waals surface area (Å²) in [5, 5.41) is 5.29. The highest BCUT2D eigenvalue weighted by Gasteiger charge is 2.32. The minimum absolute atomic E-state index is 0.439. The lowest BCUT2D eigenvalue weighted by atomic mass is 10.3. The van der Waals surface area contributed by atoms with Gasteiger partial charge in [-0.1, -0.05) is 36.4 Å². The van der Waals surface area contributed by atoms with E-state index in [1.165, 1.54) is 14.2 Å².